The van der Waals surface area contributed by atoms with Crippen molar-refractivity contribution in [3.63, 3.8) is 0 Å². The molecule has 1 aliphatic rings. The number of halogens is 1. The van der Waals surface area contributed by atoms with E-state index in [0.717, 1.165) is 12.1 Å². The van der Waals surface area contributed by atoms with Crippen molar-refractivity contribution in [2.24, 2.45) is 0 Å². The van der Waals surface area contributed by atoms with Gasteiger partial charge in [-0.05, 0) is 30.3 Å². The van der Waals surface area contributed by atoms with Gasteiger partial charge in [-0.15, -0.1) is 0 Å². The number of nitrogens with one attached hydrogen (secondary N) is 1. The van der Waals surface area contributed by atoms with Crippen LogP contribution in [0.5, 0.6) is 11.5 Å². The smallest absolute Gasteiger partial charge is 0.215 e. The summed E-state index contributed by atoms with van der Waals surface area (Å²) < 4.78 is 0. The number of nitrogen functional groups attached to an aromatic ring is 1. The molecule has 0 radical (unpaired) electrons. The first-order valence-electron chi connectivity index (χ1n) is 6.57. The minimum atomic E-state index is -0.749. The lowest BCUT2D eigenvalue weighted by molar-refractivity contribution is 0.0977. The van der Waals surface area contributed by atoms with Crippen LogP contribution in [0.15, 0.2) is 47.1 Å². The summed E-state index contributed by atoms with van der Waals surface area (Å²) in [7, 11) is 0. The van der Waals surface area contributed by atoms with E-state index in [1.165, 1.54) is 0 Å². The second-order valence-corrected chi connectivity index (χ2v) is 5.33. The number of hydrogen-bond acceptors (Lipinski definition) is 6. The van der Waals surface area contributed by atoms with Crippen molar-refractivity contribution >= 4 is 34.5 Å². The topological polar surface area (TPSA) is 113 Å². The van der Waals surface area contributed by atoms with Gasteiger partial charge in [0.25, 0.3) is 0 Å². The normalized spacial score (nSPS) is 14.0. The third-order valence-electron chi connectivity index (χ3n) is 3.42. The van der Waals surface area contributed by atoms with Gasteiger partial charge in [-0.1, -0.05) is 17.7 Å². The molecule has 0 bridgehead atoms. The van der Waals surface area contributed by atoms with Crippen molar-refractivity contribution in [3.05, 3.63) is 58.3 Å². The van der Waals surface area contributed by atoms with E-state index in [1.807, 2.05) is 0 Å². The zero-order chi connectivity index (χ0) is 16.7. The van der Waals surface area contributed by atoms with Crippen LogP contribution >= 0.6 is 11.6 Å². The highest BCUT2D eigenvalue weighted by atomic mass is 35.5. The van der Waals surface area contributed by atoms with Gasteiger partial charge >= 0.3 is 0 Å². The quantitative estimate of drug-likeness (QED) is 0.497. The lowest BCUT2D eigenvalue weighted by Gasteiger charge is -2.20. The number of aromatic hydroxyl groups is 2. The summed E-state index contributed by atoms with van der Waals surface area (Å²) in [4.78, 5) is 24.9. The lowest BCUT2D eigenvalue weighted by atomic mass is 9.90. The van der Waals surface area contributed by atoms with Crippen LogP contribution in [0, 0.1) is 0 Å². The summed E-state index contributed by atoms with van der Waals surface area (Å²) >= 11 is 5.99. The molecule has 1 aliphatic carbocycles. The monoisotopic (exact) mass is 330 g/mol. The zero-order valence-electron chi connectivity index (χ0n) is 11.6. The van der Waals surface area contributed by atoms with Crippen LogP contribution in [0.2, 0.25) is 0 Å². The van der Waals surface area contributed by atoms with Crippen LogP contribution in [0.4, 0.5) is 11.4 Å². The lowest BCUT2D eigenvalue weighted by Crippen LogP contribution is -2.24. The number of hydrogen-bond donors (Lipinski definition) is 4. The van der Waals surface area contributed by atoms with Crippen LogP contribution < -0.4 is 11.1 Å². The van der Waals surface area contributed by atoms with E-state index in [2.05, 4.69) is 5.32 Å². The summed E-state index contributed by atoms with van der Waals surface area (Å²) in [5.41, 5.74) is 5.81. The van der Waals surface area contributed by atoms with Gasteiger partial charge in [0.2, 0.25) is 11.6 Å². The highest BCUT2D eigenvalue weighted by Crippen LogP contribution is 2.38. The van der Waals surface area contributed by atoms with Crippen LogP contribution in [-0.2, 0) is 0 Å². The Bertz CT molecular complexity index is 890. The second-order valence-electron chi connectivity index (χ2n) is 4.95. The molecule has 7 heteroatoms. The molecule has 23 heavy (non-hydrogen) atoms. The van der Waals surface area contributed by atoms with Gasteiger partial charge in [-0.25, -0.2) is 0 Å². The van der Waals surface area contributed by atoms with Crippen LogP contribution in [-0.4, -0.2) is 21.8 Å². The van der Waals surface area contributed by atoms with Gasteiger partial charge in [-0.3, -0.25) is 9.59 Å². The molecule has 0 fully saturated rings. The highest BCUT2D eigenvalue weighted by Gasteiger charge is 2.36. The fourth-order valence-corrected chi connectivity index (χ4v) is 2.59. The molecule has 0 amide bonds. The maximum Gasteiger partial charge on any atom is 0.215 e. The first kappa shape index (κ1) is 14.9. The molecular weight excluding hydrogens is 320 g/mol. The van der Waals surface area contributed by atoms with E-state index in [-0.39, 0.29) is 21.9 Å². The molecular formula is C16H11ClN2O4. The largest absolute Gasteiger partial charge is 0.507 e. The van der Waals surface area contributed by atoms with Gasteiger partial charge in [0.1, 0.15) is 22.2 Å². The zero-order valence-corrected chi connectivity index (χ0v) is 12.4. The van der Waals surface area contributed by atoms with E-state index >= 15 is 0 Å². The third kappa shape index (κ3) is 2.39. The van der Waals surface area contributed by atoms with Crippen LogP contribution in [0.25, 0.3) is 0 Å². The summed E-state index contributed by atoms with van der Waals surface area (Å²) in [5.74, 6) is -2.27. The van der Waals surface area contributed by atoms with E-state index in [1.54, 1.807) is 24.3 Å². The second kappa shape index (κ2) is 5.33. The molecule has 2 aromatic carbocycles. The predicted molar refractivity (Wildman–Crippen MR) is 85.8 cm³/mol. The number of Topliss-reactive ketones (excluding diaryl/α,β-unsaturated/α-hetero) is 2. The fraction of sp³-hybridized carbons (Fsp3) is 0. The number of phenolic OH excluding ortho intramolecular Hbond substituents is 2. The molecule has 0 aromatic heterocycles. The molecule has 2 aromatic rings. The van der Waals surface area contributed by atoms with Crippen molar-refractivity contribution in [1.82, 2.24) is 0 Å². The van der Waals surface area contributed by atoms with E-state index in [4.69, 9.17) is 17.3 Å². The highest BCUT2D eigenvalue weighted by molar-refractivity contribution is 6.50. The maximum atomic E-state index is 12.6. The Labute approximate surface area is 135 Å². The summed E-state index contributed by atoms with van der Waals surface area (Å²) in [6.45, 7) is 0. The van der Waals surface area contributed by atoms with Gasteiger partial charge in [0.15, 0.2) is 0 Å². The molecule has 0 atom stereocenters. The Hall–Kier alpha value is -2.99. The summed E-state index contributed by atoms with van der Waals surface area (Å²) in [6, 6.07) is 8.79. The molecule has 5 N–H and O–H groups in total. The molecule has 0 heterocycles. The molecule has 0 unspecified atom stereocenters. The first-order chi connectivity index (χ1) is 10.9. The van der Waals surface area contributed by atoms with Gasteiger partial charge in [0, 0.05) is 11.4 Å². The molecule has 0 saturated carbocycles. The number of anilines is 2. The molecule has 3 rings (SSSR count). The number of benzene rings is 2. The number of carbonyl (C=O) groups excluding carboxylic acids is 2. The maximum absolute atomic E-state index is 12.6. The Balaban J connectivity index is 2.12. The number of fused-ring (bicyclic) bond motifs is 1. The average molecular weight is 331 g/mol. The number of carbonyl (C=O) groups is 2. The first-order valence-corrected chi connectivity index (χ1v) is 6.94. The molecule has 0 spiro atoms. The van der Waals surface area contributed by atoms with Crippen molar-refractivity contribution in [3.8, 4) is 11.5 Å². The average Bonchev–Trinajstić information content (AvgIpc) is 2.51. The number of allylic oxidation sites excluding steroid dienone is 2. The standard InChI is InChI=1S/C16H11ClN2O4/c17-13-14(19-8-3-1-2-7(18)6-8)16(23)12-10(21)5-4-9(20)11(12)15(13)22/h1-6,19-21H,18H2. The molecule has 6 nitrogen and oxygen atoms in total. The minimum absolute atomic E-state index is 0.185. The number of phenols is 2. The fourth-order valence-electron chi connectivity index (χ4n) is 2.36. The summed E-state index contributed by atoms with van der Waals surface area (Å²) in [5, 5.41) is 22.1. The SMILES string of the molecule is Nc1cccc(NC2=C(Cl)C(=O)c3c(O)ccc(O)c3C2=O)c1. The van der Waals surface area contributed by atoms with Gasteiger partial charge < -0.3 is 21.3 Å². The molecule has 116 valence electrons. The number of rotatable bonds is 2. The van der Waals surface area contributed by atoms with Crippen molar-refractivity contribution in [2.75, 3.05) is 11.1 Å². The molecule has 0 saturated heterocycles. The number of ketones is 2. The predicted octanol–water partition coefficient (Wildman–Crippen LogP) is 2.62. The summed E-state index contributed by atoms with van der Waals surface area (Å²) in [6.07, 6.45) is 0. The Morgan fingerprint density at radius 3 is 2.17 bits per heavy atom. The van der Waals surface area contributed by atoms with Crippen molar-refractivity contribution < 1.29 is 19.8 Å². The van der Waals surface area contributed by atoms with E-state index in [9.17, 15) is 19.8 Å². The third-order valence-corrected chi connectivity index (χ3v) is 3.78. The van der Waals surface area contributed by atoms with Gasteiger partial charge in [0.05, 0.1) is 11.1 Å². The van der Waals surface area contributed by atoms with E-state index in [0.29, 0.717) is 11.4 Å². The van der Waals surface area contributed by atoms with Gasteiger partial charge in [-0.2, -0.15) is 0 Å². The van der Waals surface area contributed by atoms with Crippen LogP contribution in [0.1, 0.15) is 20.7 Å². The van der Waals surface area contributed by atoms with Crippen molar-refractivity contribution in [2.45, 2.75) is 0 Å². The number of nitrogens with two attached hydrogens (primary N) is 1. The van der Waals surface area contributed by atoms with Crippen molar-refractivity contribution in [1.29, 1.82) is 0 Å². The Kier molecular flexibility index (Phi) is 3.46. The van der Waals surface area contributed by atoms with E-state index < -0.39 is 23.1 Å². The Morgan fingerprint density at radius 1 is 0.957 bits per heavy atom. The molecule has 0 aliphatic heterocycles. The minimum Gasteiger partial charge on any atom is -0.507 e. The Morgan fingerprint density at radius 2 is 1.57 bits per heavy atom. The van der Waals surface area contributed by atoms with Crippen LogP contribution in [0.3, 0.4) is 0 Å².